The molecule has 2 heterocycles. The zero-order chi connectivity index (χ0) is 23.0. The minimum atomic E-state index is -3.83. The molecule has 0 N–H and O–H groups in total. The maximum Gasteiger partial charge on any atom is 0.265 e. The van der Waals surface area contributed by atoms with E-state index in [1.165, 1.54) is 4.31 Å². The molecule has 0 aliphatic carbocycles. The van der Waals surface area contributed by atoms with Gasteiger partial charge in [0.05, 0.1) is 17.7 Å². The summed E-state index contributed by atoms with van der Waals surface area (Å²) in [5.41, 5.74) is 3.11. The lowest BCUT2D eigenvalue weighted by molar-refractivity contribution is -0.129. The second kappa shape index (κ2) is 8.44. The molecule has 0 bridgehead atoms. The Morgan fingerprint density at radius 3 is 2.18 bits per heavy atom. The number of rotatable bonds is 4. The number of sulfonamides is 1. The predicted octanol–water partition coefficient (Wildman–Crippen LogP) is 3.22. The van der Waals surface area contributed by atoms with E-state index in [1.54, 1.807) is 36.3 Å². The number of hydrogen-bond donors (Lipinski definition) is 0. The number of ether oxygens (including phenoxy) is 1. The number of nitrogens with zero attached hydrogens (tertiary/aromatic N) is 3. The Labute approximate surface area is 193 Å². The molecule has 2 aliphatic rings. The molecule has 170 valence electrons. The molecule has 0 radical (unpaired) electrons. The molecule has 1 amide bonds. The second-order valence-electron chi connectivity index (χ2n) is 8.09. The van der Waals surface area contributed by atoms with E-state index in [0.29, 0.717) is 37.4 Å². The van der Waals surface area contributed by atoms with Crippen molar-refractivity contribution in [2.24, 2.45) is 0 Å². The molecule has 3 aromatic rings. The lowest BCUT2D eigenvalue weighted by atomic mass is 10.0. The summed E-state index contributed by atoms with van der Waals surface area (Å²) in [5.74, 6) is 0.610. The van der Waals surface area contributed by atoms with Crippen LogP contribution in [0.4, 0.5) is 11.4 Å². The molecular weight excluding hydrogens is 438 g/mol. The lowest BCUT2D eigenvalue weighted by Crippen LogP contribution is -2.52. The minimum Gasteiger partial charge on any atom is -0.497 e. The largest absolute Gasteiger partial charge is 0.497 e. The van der Waals surface area contributed by atoms with Gasteiger partial charge < -0.3 is 14.5 Å². The normalized spacial score (nSPS) is 16.7. The van der Waals surface area contributed by atoms with Gasteiger partial charge in [0, 0.05) is 43.0 Å². The van der Waals surface area contributed by atoms with E-state index >= 15 is 0 Å². The summed E-state index contributed by atoms with van der Waals surface area (Å²) in [6.45, 7) is 2.23. The minimum absolute atomic E-state index is 0.192. The van der Waals surface area contributed by atoms with Gasteiger partial charge in [0.15, 0.2) is 0 Å². The highest BCUT2D eigenvalue weighted by Gasteiger charge is 2.36. The van der Waals surface area contributed by atoms with Crippen molar-refractivity contribution in [3.05, 3.63) is 72.8 Å². The highest BCUT2D eigenvalue weighted by Crippen LogP contribution is 2.42. The fourth-order valence-corrected chi connectivity index (χ4v) is 6.12. The van der Waals surface area contributed by atoms with Crippen molar-refractivity contribution in [3.8, 4) is 16.9 Å². The molecule has 2 aliphatic heterocycles. The van der Waals surface area contributed by atoms with Crippen molar-refractivity contribution in [3.63, 3.8) is 0 Å². The smallest absolute Gasteiger partial charge is 0.265 e. The van der Waals surface area contributed by atoms with Crippen LogP contribution in [0.25, 0.3) is 11.1 Å². The highest BCUT2D eigenvalue weighted by atomic mass is 32.2. The van der Waals surface area contributed by atoms with E-state index < -0.39 is 10.0 Å². The number of para-hydroxylation sites is 1. The Bertz CT molecular complexity index is 1280. The molecule has 1 fully saturated rings. The molecule has 0 saturated carbocycles. The Kier molecular flexibility index (Phi) is 5.46. The van der Waals surface area contributed by atoms with Gasteiger partial charge in [-0.05, 0) is 36.4 Å². The van der Waals surface area contributed by atoms with Crippen LogP contribution in [0.5, 0.6) is 5.75 Å². The Morgan fingerprint density at radius 2 is 1.48 bits per heavy atom. The topological polar surface area (TPSA) is 70.2 Å². The summed E-state index contributed by atoms with van der Waals surface area (Å²) in [6, 6.07) is 22.1. The molecule has 7 nitrogen and oxygen atoms in total. The van der Waals surface area contributed by atoms with E-state index in [0.717, 1.165) is 17.0 Å². The number of benzene rings is 3. The van der Waals surface area contributed by atoms with Gasteiger partial charge in [-0.1, -0.05) is 36.4 Å². The fraction of sp³-hybridized carbons (Fsp3) is 0.240. The van der Waals surface area contributed by atoms with Crippen LogP contribution >= 0.6 is 0 Å². The maximum absolute atomic E-state index is 13.4. The van der Waals surface area contributed by atoms with Crippen LogP contribution in [-0.2, 0) is 14.8 Å². The van der Waals surface area contributed by atoms with Gasteiger partial charge in [0.1, 0.15) is 12.3 Å². The number of hydrogen-bond acceptors (Lipinski definition) is 5. The molecule has 1 saturated heterocycles. The second-order valence-corrected chi connectivity index (χ2v) is 9.92. The summed E-state index contributed by atoms with van der Waals surface area (Å²) >= 11 is 0. The molecule has 5 rings (SSSR count). The molecule has 3 aromatic carbocycles. The molecule has 8 heteroatoms. The third kappa shape index (κ3) is 3.80. The van der Waals surface area contributed by atoms with Crippen molar-refractivity contribution in [1.29, 1.82) is 0 Å². The Hall–Kier alpha value is -3.52. The third-order valence-electron chi connectivity index (χ3n) is 6.27. The van der Waals surface area contributed by atoms with E-state index in [1.807, 2.05) is 48.5 Å². The van der Waals surface area contributed by atoms with Crippen molar-refractivity contribution in [2.45, 2.75) is 4.90 Å². The maximum atomic E-state index is 13.4. The lowest BCUT2D eigenvalue weighted by Gasteiger charge is -2.38. The summed E-state index contributed by atoms with van der Waals surface area (Å²) in [5, 5.41) is 0. The van der Waals surface area contributed by atoms with Crippen molar-refractivity contribution < 1.29 is 17.9 Å². The van der Waals surface area contributed by atoms with Crippen LogP contribution < -0.4 is 13.9 Å². The van der Waals surface area contributed by atoms with Crippen molar-refractivity contribution in [2.75, 3.05) is 49.0 Å². The quantitative estimate of drug-likeness (QED) is 0.594. The van der Waals surface area contributed by atoms with Gasteiger partial charge >= 0.3 is 0 Å². The summed E-state index contributed by atoms with van der Waals surface area (Å²) in [7, 11) is -2.19. The molecular formula is C25H25N3O4S. The van der Waals surface area contributed by atoms with E-state index in [-0.39, 0.29) is 17.3 Å². The van der Waals surface area contributed by atoms with E-state index in [2.05, 4.69) is 4.90 Å². The molecule has 33 heavy (non-hydrogen) atoms. The van der Waals surface area contributed by atoms with E-state index in [4.69, 9.17) is 4.74 Å². The van der Waals surface area contributed by atoms with Crippen LogP contribution in [0.3, 0.4) is 0 Å². The molecule has 0 spiro atoms. The predicted molar refractivity (Wildman–Crippen MR) is 128 cm³/mol. The number of carbonyl (C=O) groups is 1. The summed E-state index contributed by atoms with van der Waals surface area (Å²) < 4.78 is 33.3. The summed E-state index contributed by atoms with van der Waals surface area (Å²) in [4.78, 5) is 17.4. The van der Waals surface area contributed by atoms with Gasteiger partial charge in [-0.2, -0.15) is 0 Å². The number of methoxy groups -OCH3 is 1. The van der Waals surface area contributed by atoms with Gasteiger partial charge in [0.2, 0.25) is 5.91 Å². The molecule has 0 unspecified atom stereocenters. The Morgan fingerprint density at radius 1 is 0.848 bits per heavy atom. The zero-order valence-corrected chi connectivity index (χ0v) is 19.2. The van der Waals surface area contributed by atoms with Gasteiger partial charge in [-0.15, -0.1) is 0 Å². The van der Waals surface area contributed by atoms with Crippen LogP contribution in [0.15, 0.2) is 77.7 Å². The van der Waals surface area contributed by atoms with Crippen LogP contribution in [-0.4, -0.2) is 59.1 Å². The van der Waals surface area contributed by atoms with Gasteiger partial charge in [-0.3, -0.25) is 9.10 Å². The van der Waals surface area contributed by atoms with E-state index in [9.17, 15) is 13.2 Å². The first kappa shape index (κ1) is 21.3. The number of piperazine rings is 1. The zero-order valence-electron chi connectivity index (χ0n) is 18.3. The molecule has 0 atom stereocenters. The number of amides is 1. The van der Waals surface area contributed by atoms with Crippen LogP contribution in [0, 0.1) is 0 Å². The van der Waals surface area contributed by atoms with Crippen LogP contribution in [0.1, 0.15) is 0 Å². The average Bonchev–Trinajstić information content (AvgIpc) is 2.87. The average molecular weight is 464 g/mol. The van der Waals surface area contributed by atoms with Crippen LogP contribution in [0.2, 0.25) is 0 Å². The SMILES string of the molecule is COc1ccc(N2CCN(C(=O)CN3c4ccccc4-c4ccccc4S3(=O)=O)CC2)cc1. The van der Waals surface area contributed by atoms with Crippen molar-refractivity contribution >= 4 is 27.3 Å². The Balaban J connectivity index is 1.33. The monoisotopic (exact) mass is 463 g/mol. The number of carbonyl (C=O) groups excluding carboxylic acids is 1. The summed E-state index contributed by atoms with van der Waals surface area (Å²) in [6.07, 6.45) is 0. The molecule has 0 aromatic heterocycles. The number of anilines is 2. The first-order chi connectivity index (χ1) is 16.0. The first-order valence-corrected chi connectivity index (χ1v) is 12.3. The number of fused-ring (bicyclic) bond motifs is 3. The van der Waals surface area contributed by atoms with Crippen molar-refractivity contribution in [1.82, 2.24) is 4.90 Å². The van der Waals surface area contributed by atoms with Gasteiger partial charge in [0.25, 0.3) is 10.0 Å². The standard InChI is InChI=1S/C25H25N3O4S/c1-32-20-12-10-19(11-13-20)26-14-16-27(17-15-26)25(29)18-28-23-8-4-2-6-21(23)22-7-3-5-9-24(22)33(28,30)31/h2-13H,14-18H2,1H3. The fourth-order valence-electron chi connectivity index (χ4n) is 4.48. The third-order valence-corrected chi connectivity index (χ3v) is 8.08. The highest BCUT2D eigenvalue weighted by molar-refractivity contribution is 7.93. The first-order valence-electron chi connectivity index (χ1n) is 10.9. The van der Waals surface area contributed by atoms with Gasteiger partial charge in [-0.25, -0.2) is 8.42 Å².